The summed E-state index contributed by atoms with van der Waals surface area (Å²) in [6.07, 6.45) is 0. The Kier molecular flexibility index (Phi) is 7.58. The number of hydrogen-bond donors (Lipinski definition) is 1. The highest BCUT2D eigenvalue weighted by molar-refractivity contribution is 7.98. The molecule has 1 N–H and O–H groups in total. The predicted molar refractivity (Wildman–Crippen MR) is 126 cm³/mol. The van der Waals surface area contributed by atoms with Crippen LogP contribution in [0, 0.1) is 0 Å². The maximum absolute atomic E-state index is 12.8. The number of anilines is 2. The van der Waals surface area contributed by atoms with Gasteiger partial charge in [0, 0.05) is 25.4 Å². The van der Waals surface area contributed by atoms with Crippen LogP contribution in [0.15, 0.2) is 65.7 Å². The second kappa shape index (κ2) is 11.0. The quantitative estimate of drug-likeness (QED) is 0.313. The molecule has 7 nitrogen and oxygen atoms in total. The van der Waals surface area contributed by atoms with Crippen LogP contribution < -0.4 is 10.2 Å². The number of benzene rings is 2. The smallest absolute Gasteiger partial charge is 0.344 e. The fourth-order valence-corrected chi connectivity index (χ4v) is 4.33. The monoisotopic (exact) mass is 450 g/mol. The summed E-state index contributed by atoms with van der Waals surface area (Å²) in [6.45, 7) is 3.20. The van der Waals surface area contributed by atoms with Crippen molar-refractivity contribution in [3.63, 3.8) is 0 Å². The molecule has 1 saturated heterocycles. The SMILES string of the molecule is COC(=O)c1c(NCc2ccccc2)nc(N2CCOCC2)nc1SCc1ccccc1. The van der Waals surface area contributed by atoms with Crippen LogP contribution >= 0.6 is 11.8 Å². The Morgan fingerprint density at radius 3 is 2.34 bits per heavy atom. The highest BCUT2D eigenvalue weighted by Gasteiger charge is 2.25. The first-order chi connectivity index (χ1) is 15.7. The molecule has 0 saturated carbocycles. The number of morpholine rings is 1. The molecule has 2 heterocycles. The number of nitrogens with one attached hydrogen (secondary N) is 1. The molecule has 4 rings (SSSR count). The van der Waals surface area contributed by atoms with E-state index in [2.05, 4.69) is 22.3 Å². The number of esters is 1. The van der Waals surface area contributed by atoms with Crippen LogP contribution in [0.4, 0.5) is 11.8 Å². The van der Waals surface area contributed by atoms with Crippen molar-refractivity contribution in [2.24, 2.45) is 0 Å². The fraction of sp³-hybridized carbons (Fsp3) is 0.292. The molecule has 3 aromatic rings. The van der Waals surface area contributed by atoms with E-state index in [1.807, 2.05) is 48.5 Å². The van der Waals surface area contributed by atoms with Crippen LogP contribution in [0.25, 0.3) is 0 Å². The van der Waals surface area contributed by atoms with Crippen molar-refractivity contribution in [1.82, 2.24) is 9.97 Å². The summed E-state index contributed by atoms with van der Waals surface area (Å²) in [5.41, 5.74) is 2.60. The number of thioether (sulfide) groups is 1. The highest BCUT2D eigenvalue weighted by Crippen LogP contribution is 2.31. The first kappa shape index (κ1) is 22.1. The molecule has 1 fully saturated rings. The lowest BCUT2D eigenvalue weighted by Gasteiger charge is -2.28. The van der Waals surface area contributed by atoms with Crippen LogP contribution in [0.3, 0.4) is 0 Å². The number of hydrogen-bond acceptors (Lipinski definition) is 8. The normalized spacial score (nSPS) is 13.6. The summed E-state index contributed by atoms with van der Waals surface area (Å²) in [6, 6.07) is 20.1. The lowest BCUT2D eigenvalue weighted by Crippen LogP contribution is -2.37. The van der Waals surface area contributed by atoms with Crippen LogP contribution in [-0.2, 0) is 21.8 Å². The first-order valence-electron chi connectivity index (χ1n) is 10.5. The van der Waals surface area contributed by atoms with Gasteiger partial charge in [-0.05, 0) is 11.1 Å². The largest absolute Gasteiger partial charge is 0.465 e. The molecule has 0 bridgehead atoms. The zero-order valence-electron chi connectivity index (χ0n) is 18.0. The third-order valence-corrected chi connectivity index (χ3v) is 6.12. The van der Waals surface area contributed by atoms with Crippen molar-refractivity contribution < 1.29 is 14.3 Å². The number of nitrogens with zero attached hydrogens (tertiary/aromatic N) is 3. The average Bonchev–Trinajstić information content (AvgIpc) is 2.87. The number of aromatic nitrogens is 2. The van der Waals surface area contributed by atoms with Gasteiger partial charge in [0.05, 0.1) is 20.3 Å². The van der Waals surface area contributed by atoms with Gasteiger partial charge in [0.25, 0.3) is 0 Å². The number of carbonyl (C=O) groups is 1. The maximum atomic E-state index is 12.8. The van der Waals surface area contributed by atoms with Gasteiger partial charge >= 0.3 is 5.97 Å². The van der Waals surface area contributed by atoms with E-state index in [1.165, 1.54) is 18.9 Å². The van der Waals surface area contributed by atoms with Crippen molar-refractivity contribution in [3.05, 3.63) is 77.4 Å². The average molecular weight is 451 g/mol. The molecule has 32 heavy (non-hydrogen) atoms. The van der Waals surface area contributed by atoms with Crippen LogP contribution in [0.5, 0.6) is 0 Å². The van der Waals surface area contributed by atoms with Crippen molar-refractivity contribution in [1.29, 1.82) is 0 Å². The van der Waals surface area contributed by atoms with Gasteiger partial charge in [0.2, 0.25) is 5.95 Å². The van der Waals surface area contributed by atoms with Gasteiger partial charge in [-0.25, -0.2) is 9.78 Å². The minimum atomic E-state index is -0.454. The van der Waals surface area contributed by atoms with Crippen molar-refractivity contribution >= 4 is 29.5 Å². The summed E-state index contributed by atoms with van der Waals surface area (Å²) in [5, 5.41) is 3.94. The third-order valence-electron chi connectivity index (χ3n) is 5.07. The molecule has 166 valence electrons. The summed E-state index contributed by atoms with van der Waals surface area (Å²) in [7, 11) is 1.38. The molecule has 0 aliphatic carbocycles. The van der Waals surface area contributed by atoms with E-state index in [9.17, 15) is 4.79 Å². The first-order valence-corrected chi connectivity index (χ1v) is 11.5. The van der Waals surface area contributed by atoms with Crippen LogP contribution in [0.2, 0.25) is 0 Å². The molecule has 1 aliphatic rings. The van der Waals surface area contributed by atoms with Crippen molar-refractivity contribution in [3.8, 4) is 0 Å². The fourth-order valence-electron chi connectivity index (χ4n) is 3.36. The third kappa shape index (κ3) is 5.57. The van der Waals surface area contributed by atoms with Gasteiger partial charge in [0.15, 0.2) is 0 Å². The number of carbonyl (C=O) groups excluding carboxylic acids is 1. The van der Waals surface area contributed by atoms with Gasteiger partial charge in [-0.15, -0.1) is 11.8 Å². The molecule has 0 unspecified atom stereocenters. The molecular weight excluding hydrogens is 424 g/mol. The van der Waals surface area contributed by atoms with Crippen LogP contribution in [-0.4, -0.2) is 49.4 Å². The molecular formula is C24H26N4O3S. The van der Waals surface area contributed by atoms with E-state index in [1.54, 1.807) is 0 Å². The van der Waals surface area contributed by atoms with Crippen molar-refractivity contribution in [2.45, 2.75) is 17.3 Å². The number of rotatable bonds is 8. The Morgan fingerprint density at radius 2 is 1.69 bits per heavy atom. The predicted octanol–water partition coefficient (Wildman–Crippen LogP) is 4.00. The Hall–Kier alpha value is -3.10. The van der Waals surface area contributed by atoms with Gasteiger partial charge in [-0.3, -0.25) is 0 Å². The summed E-state index contributed by atoms with van der Waals surface area (Å²) in [4.78, 5) is 24.4. The maximum Gasteiger partial charge on any atom is 0.344 e. The summed E-state index contributed by atoms with van der Waals surface area (Å²) >= 11 is 1.51. The van der Waals surface area contributed by atoms with E-state index in [0.29, 0.717) is 61.0 Å². The van der Waals surface area contributed by atoms with E-state index < -0.39 is 5.97 Å². The summed E-state index contributed by atoms with van der Waals surface area (Å²) in [5.74, 6) is 1.30. The Balaban J connectivity index is 1.69. The highest BCUT2D eigenvalue weighted by atomic mass is 32.2. The Bertz CT molecular complexity index is 963. The Morgan fingerprint density at radius 1 is 1.03 bits per heavy atom. The zero-order chi connectivity index (χ0) is 22.2. The lowest BCUT2D eigenvalue weighted by molar-refractivity contribution is 0.0596. The molecule has 0 amide bonds. The second-order valence-electron chi connectivity index (χ2n) is 7.26. The van der Waals surface area contributed by atoms with Crippen LogP contribution in [0.1, 0.15) is 21.5 Å². The van der Waals surface area contributed by atoms with Gasteiger partial charge in [-0.2, -0.15) is 4.98 Å². The second-order valence-corrected chi connectivity index (χ2v) is 8.22. The van der Waals surface area contributed by atoms with Gasteiger partial charge < -0.3 is 19.7 Å². The lowest BCUT2D eigenvalue weighted by atomic mass is 10.2. The molecule has 1 aromatic heterocycles. The molecule has 0 radical (unpaired) electrons. The zero-order valence-corrected chi connectivity index (χ0v) is 18.8. The van der Waals surface area contributed by atoms with E-state index >= 15 is 0 Å². The van der Waals surface area contributed by atoms with Crippen molar-refractivity contribution in [2.75, 3.05) is 43.6 Å². The minimum absolute atomic E-state index is 0.362. The van der Waals surface area contributed by atoms with Gasteiger partial charge in [0.1, 0.15) is 16.4 Å². The number of methoxy groups -OCH3 is 1. The minimum Gasteiger partial charge on any atom is -0.465 e. The Labute approximate surface area is 192 Å². The van der Waals surface area contributed by atoms with E-state index in [4.69, 9.17) is 19.4 Å². The van der Waals surface area contributed by atoms with E-state index in [-0.39, 0.29) is 0 Å². The molecule has 8 heteroatoms. The van der Waals surface area contributed by atoms with Gasteiger partial charge in [-0.1, -0.05) is 60.7 Å². The number of ether oxygens (including phenoxy) is 2. The standard InChI is InChI=1S/C24H26N4O3S/c1-30-23(29)20-21(25-16-18-8-4-2-5-9-18)26-24(28-12-14-31-15-13-28)27-22(20)32-17-19-10-6-3-7-11-19/h2-11H,12-17H2,1H3,(H,25,26,27). The molecule has 0 spiro atoms. The molecule has 1 aliphatic heterocycles. The molecule has 2 aromatic carbocycles. The topological polar surface area (TPSA) is 76.6 Å². The molecule has 0 atom stereocenters. The van der Waals surface area contributed by atoms with E-state index in [0.717, 1.165) is 11.1 Å². The summed E-state index contributed by atoms with van der Waals surface area (Å²) < 4.78 is 10.6.